The Labute approximate surface area is 123 Å². The van der Waals surface area contributed by atoms with Crippen LogP contribution in [0.1, 0.15) is 6.42 Å². The summed E-state index contributed by atoms with van der Waals surface area (Å²) in [7, 11) is 1.59. The van der Waals surface area contributed by atoms with Crippen molar-refractivity contribution in [2.75, 3.05) is 51.0 Å². The van der Waals surface area contributed by atoms with Gasteiger partial charge in [0.15, 0.2) is 0 Å². The molecule has 1 rings (SSSR count). The molecule has 0 spiro atoms. The van der Waals surface area contributed by atoms with Gasteiger partial charge < -0.3 is 20.9 Å². The largest absolute Gasteiger partial charge is 0.399 e. The van der Waals surface area contributed by atoms with Crippen molar-refractivity contribution in [2.45, 2.75) is 6.42 Å². The Morgan fingerprint density at radius 1 is 1.43 bits per heavy atom. The Balaban J connectivity index is 2.46. The number of ether oxygens (including phenoxy) is 1. The van der Waals surface area contributed by atoms with Gasteiger partial charge in [0.25, 0.3) is 0 Å². The van der Waals surface area contributed by atoms with E-state index in [9.17, 15) is 9.18 Å². The Morgan fingerprint density at radius 2 is 2.19 bits per heavy atom. The van der Waals surface area contributed by atoms with E-state index in [0.29, 0.717) is 31.9 Å². The second kappa shape index (κ2) is 9.28. The van der Waals surface area contributed by atoms with E-state index in [-0.39, 0.29) is 24.6 Å². The highest BCUT2D eigenvalue weighted by Crippen LogP contribution is 2.17. The first-order valence-corrected chi connectivity index (χ1v) is 6.74. The van der Waals surface area contributed by atoms with Crippen molar-refractivity contribution in [3.8, 4) is 0 Å². The highest BCUT2D eigenvalue weighted by Gasteiger charge is 2.10. The molecule has 0 bridgehead atoms. The second-order valence-electron chi connectivity index (χ2n) is 4.60. The molecular formula is C14H22FN3O3. The number of nitrogens with one attached hydrogen (secondary N) is 1. The predicted molar refractivity (Wildman–Crippen MR) is 79.5 cm³/mol. The van der Waals surface area contributed by atoms with Crippen molar-refractivity contribution in [2.24, 2.45) is 0 Å². The van der Waals surface area contributed by atoms with Gasteiger partial charge in [0.2, 0.25) is 5.91 Å². The lowest BCUT2D eigenvalue weighted by atomic mass is 10.2. The number of halogens is 1. The molecule has 21 heavy (non-hydrogen) atoms. The van der Waals surface area contributed by atoms with Crippen LogP contribution in [0.2, 0.25) is 0 Å². The van der Waals surface area contributed by atoms with E-state index in [0.717, 1.165) is 0 Å². The molecule has 0 aliphatic rings. The molecular weight excluding hydrogens is 277 g/mol. The summed E-state index contributed by atoms with van der Waals surface area (Å²) in [6.07, 6.45) is 0.192. The summed E-state index contributed by atoms with van der Waals surface area (Å²) < 4.78 is 18.4. The van der Waals surface area contributed by atoms with Crippen LogP contribution in [0.3, 0.4) is 0 Å². The van der Waals surface area contributed by atoms with Gasteiger partial charge in [0.05, 0.1) is 18.9 Å². The fourth-order valence-electron chi connectivity index (χ4n) is 1.81. The number of carbonyl (C=O) groups is 1. The first kappa shape index (κ1) is 17.4. The Bertz CT molecular complexity index is 457. The topological polar surface area (TPSA) is 87.8 Å². The maximum atomic E-state index is 13.5. The number of benzene rings is 1. The Kier molecular flexibility index (Phi) is 7.66. The van der Waals surface area contributed by atoms with Gasteiger partial charge in [-0.25, -0.2) is 4.39 Å². The second-order valence-corrected chi connectivity index (χ2v) is 4.60. The van der Waals surface area contributed by atoms with Crippen molar-refractivity contribution < 1.29 is 19.0 Å². The van der Waals surface area contributed by atoms with Crippen LogP contribution < -0.4 is 11.1 Å². The van der Waals surface area contributed by atoms with Crippen LogP contribution in [0.5, 0.6) is 0 Å². The molecule has 0 saturated carbocycles. The molecule has 0 atom stereocenters. The monoisotopic (exact) mass is 299 g/mol. The fraction of sp³-hybridized carbons (Fsp3) is 0.500. The highest BCUT2D eigenvalue weighted by molar-refractivity contribution is 5.91. The summed E-state index contributed by atoms with van der Waals surface area (Å²) in [5.74, 6) is -0.830. The van der Waals surface area contributed by atoms with Gasteiger partial charge in [-0.2, -0.15) is 0 Å². The van der Waals surface area contributed by atoms with Crippen LogP contribution in [-0.4, -0.2) is 55.9 Å². The lowest BCUT2D eigenvalue weighted by Crippen LogP contribution is -2.33. The van der Waals surface area contributed by atoms with Gasteiger partial charge in [-0.3, -0.25) is 9.69 Å². The number of aliphatic hydroxyl groups excluding tert-OH is 1. The number of rotatable bonds is 9. The van der Waals surface area contributed by atoms with Crippen LogP contribution in [0, 0.1) is 5.82 Å². The number of nitrogen functional groups attached to an aromatic ring is 1. The number of nitrogens with zero attached hydrogens (tertiary/aromatic N) is 1. The first-order valence-electron chi connectivity index (χ1n) is 6.74. The predicted octanol–water partition coefficient (Wildman–Crippen LogP) is 0.677. The summed E-state index contributed by atoms with van der Waals surface area (Å²) in [5, 5.41) is 11.4. The van der Waals surface area contributed by atoms with E-state index < -0.39 is 5.82 Å². The van der Waals surface area contributed by atoms with Crippen LogP contribution >= 0.6 is 0 Å². The van der Waals surface area contributed by atoms with E-state index in [4.69, 9.17) is 15.6 Å². The molecule has 118 valence electrons. The molecule has 6 nitrogen and oxygen atoms in total. The molecule has 1 aromatic carbocycles. The summed E-state index contributed by atoms with van der Waals surface area (Å²) in [6, 6.07) is 4.02. The molecule has 0 saturated heterocycles. The molecule has 4 N–H and O–H groups in total. The van der Waals surface area contributed by atoms with Crippen LogP contribution in [0.15, 0.2) is 18.2 Å². The minimum Gasteiger partial charge on any atom is -0.399 e. The number of amides is 1. The first-order chi connectivity index (χ1) is 10.1. The number of nitrogens with two attached hydrogens (primary N) is 1. The van der Waals surface area contributed by atoms with E-state index in [1.54, 1.807) is 7.11 Å². The maximum Gasteiger partial charge on any atom is 0.225 e. The number of hydrogen-bond donors (Lipinski definition) is 3. The molecule has 7 heteroatoms. The molecule has 0 fully saturated rings. The zero-order valence-electron chi connectivity index (χ0n) is 12.1. The number of carbonyl (C=O) groups excluding carboxylic acids is 1. The molecule has 0 aliphatic carbocycles. The molecule has 0 unspecified atom stereocenters. The van der Waals surface area contributed by atoms with Gasteiger partial charge >= 0.3 is 0 Å². The van der Waals surface area contributed by atoms with Crippen molar-refractivity contribution in [1.82, 2.24) is 4.90 Å². The third-order valence-corrected chi connectivity index (χ3v) is 2.95. The number of hydrogen-bond acceptors (Lipinski definition) is 5. The average Bonchev–Trinajstić information content (AvgIpc) is 2.46. The van der Waals surface area contributed by atoms with Gasteiger partial charge in [-0.15, -0.1) is 0 Å². The lowest BCUT2D eigenvalue weighted by Gasteiger charge is -2.20. The number of aliphatic hydroxyl groups is 1. The minimum absolute atomic E-state index is 0.00911. The van der Waals surface area contributed by atoms with Crippen molar-refractivity contribution >= 4 is 17.3 Å². The summed E-state index contributed by atoms with van der Waals surface area (Å²) in [6.45, 7) is 2.07. The van der Waals surface area contributed by atoms with Crippen LogP contribution in [0.4, 0.5) is 15.8 Å². The standard InChI is InChI=1S/C14H22FN3O3/c1-21-9-7-18(6-8-19)5-4-14(20)17-13-10-11(16)2-3-12(13)15/h2-3,10,19H,4-9,16H2,1H3,(H,17,20). The summed E-state index contributed by atoms with van der Waals surface area (Å²) in [4.78, 5) is 13.7. The Hall–Kier alpha value is -1.70. The lowest BCUT2D eigenvalue weighted by molar-refractivity contribution is -0.116. The normalized spacial score (nSPS) is 10.9. The fourth-order valence-corrected chi connectivity index (χ4v) is 1.81. The quantitative estimate of drug-likeness (QED) is 0.584. The Morgan fingerprint density at radius 3 is 2.86 bits per heavy atom. The van der Waals surface area contributed by atoms with Crippen LogP contribution in [0.25, 0.3) is 0 Å². The molecule has 0 aromatic heterocycles. The molecule has 0 aliphatic heterocycles. The number of anilines is 2. The van der Waals surface area contributed by atoms with Crippen LogP contribution in [-0.2, 0) is 9.53 Å². The van der Waals surface area contributed by atoms with Gasteiger partial charge in [0.1, 0.15) is 5.82 Å². The van der Waals surface area contributed by atoms with Gasteiger partial charge in [0, 0.05) is 38.9 Å². The van der Waals surface area contributed by atoms with E-state index >= 15 is 0 Å². The van der Waals surface area contributed by atoms with Gasteiger partial charge in [-0.05, 0) is 18.2 Å². The zero-order chi connectivity index (χ0) is 15.7. The number of methoxy groups -OCH3 is 1. The molecule has 1 amide bonds. The van der Waals surface area contributed by atoms with E-state index in [2.05, 4.69) is 5.32 Å². The third kappa shape index (κ3) is 6.52. The highest BCUT2D eigenvalue weighted by atomic mass is 19.1. The van der Waals surface area contributed by atoms with Gasteiger partial charge in [-0.1, -0.05) is 0 Å². The van der Waals surface area contributed by atoms with E-state index in [1.165, 1.54) is 18.2 Å². The SMILES string of the molecule is COCCN(CCO)CCC(=O)Nc1cc(N)ccc1F. The third-order valence-electron chi connectivity index (χ3n) is 2.95. The zero-order valence-corrected chi connectivity index (χ0v) is 12.1. The summed E-state index contributed by atoms with van der Waals surface area (Å²) in [5.41, 5.74) is 6.01. The molecule has 1 aromatic rings. The summed E-state index contributed by atoms with van der Waals surface area (Å²) >= 11 is 0. The van der Waals surface area contributed by atoms with Crippen molar-refractivity contribution in [3.05, 3.63) is 24.0 Å². The maximum absolute atomic E-state index is 13.5. The molecule has 0 heterocycles. The smallest absolute Gasteiger partial charge is 0.225 e. The average molecular weight is 299 g/mol. The van der Waals surface area contributed by atoms with Crippen molar-refractivity contribution in [1.29, 1.82) is 0 Å². The molecule has 0 radical (unpaired) electrons. The van der Waals surface area contributed by atoms with E-state index in [1.807, 2.05) is 4.90 Å². The van der Waals surface area contributed by atoms with Crippen molar-refractivity contribution in [3.63, 3.8) is 0 Å². The minimum atomic E-state index is -0.524.